The van der Waals surface area contributed by atoms with Crippen LogP contribution in [-0.2, 0) is 16.6 Å². The van der Waals surface area contributed by atoms with E-state index >= 15 is 0 Å². The highest BCUT2D eigenvalue weighted by Crippen LogP contribution is 2.38. The minimum atomic E-state index is -0.678. The molecule has 28 heavy (non-hydrogen) atoms. The molecule has 0 fully saturated rings. The molecular formula is C22H28N2O3S. The molecule has 0 saturated carbocycles. The normalized spacial score (nSPS) is 11.9. The van der Waals surface area contributed by atoms with Crippen LogP contribution in [0.15, 0.2) is 58.5 Å². The third-order valence-corrected chi connectivity index (χ3v) is 5.34. The molecule has 0 aliphatic heterocycles. The van der Waals surface area contributed by atoms with Gasteiger partial charge in [0, 0.05) is 35.4 Å². The van der Waals surface area contributed by atoms with E-state index in [9.17, 15) is 9.59 Å². The molecular weight excluding hydrogens is 372 g/mol. The summed E-state index contributed by atoms with van der Waals surface area (Å²) < 4.78 is 6.80. The molecule has 2 rings (SSSR count). The van der Waals surface area contributed by atoms with Gasteiger partial charge in [0.2, 0.25) is 0 Å². The molecule has 1 aromatic carbocycles. The van der Waals surface area contributed by atoms with Crippen LogP contribution in [0.1, 0.15) is 41.0 Å². The van der Waals surface area contributed by atoms with Crippen molar-refractivity contribution in [1.82, 2.24) is 9.55 Å². The zero-order valence-electron chi connectivity index (χ0n) is 17.4. The van der Waals surface area contributed by atoms with Crippen molar-refractivity contribution in [3.8, 4) is 11.3 Å². The van der Waals surface area contributed by atoms with Crippen molar-refractivity contribution in [2.24, 2.45) is 7.05 Å². The summed E-state index contributed by atoms with van der Waals surface area (Å²) in [5.74, 6) is -0.401. The molecule has 0 spiro atoms. The zero-order valence-corrected chi connectivity index (χ0v) is 18.2. The number of aromatic nitrogens is 2. The number of hydrogen-bond acceptors (Lipinski definition) is 5. The van der Waals surface area contributed by atoms with E-state index in [1.165, 1.54) is 11.8 Å². The largest absolute Gasteiger partial charge is 0.456 e. The number of rotatable bonds is 7. The lowest BCUT2D eigenvalue weighted by Gasteiger charge is -2.34. The molecule has 0 saturated heterocycles. The average molecular weight is 401 g/mol. The molecule has 1 heterocycles. The van der Waals surface area contributed by atoms with Crippen LogP contribution in [0, 0.1) is 0 Å². The summed E-state index contributed by atoms with van der Waals surface area (Å²) in [7, 11) is 1.72. The van der Waals surface area contributed by atoms with Gasteiger partial charge in [-0.15, -0.1) is 0 Å². The summed E-state index contributed by atoms with van der Waals surface area (Å²) >= 11 is 1.50. The number of esters is 1. The second kappa shape index (κ2) is 8.35. The van der Waals surface area contributed by atoms with Gasteiger partial charge in [-0.25, -0.2) is 9.78 Å². The first-order chi connectivity index (χ1) is 12.9. The van der Waals surface area contributed by atoms with Gasteiger partial charge in [-0.05, 0) is 20.8 Å². The van der Waals surface area contributed by atoms with E-state index in [1.54, 1.807) is 24.6 Å². The topological polar surface area (TPSA) is 61.2 Å². The Morgan fingerprint density at radius 2 is 1.82 bits per heavy atom. The lowest BCUT2D eigenvalue weighted by molar-refractivity contribution is -0.152. The van der Waals surface area contributed by atoms with E-state index in [-0.39, 0.29) is 10.3 Å². The Labute approximate surface area is 170 Å². The molecule has 1 aromatic heterocycles. The lowest BCUT2D eigenvalue weighted by Crippen LogP contribution is -2.36. The average Bonchev–Trinajstić information content (AvgIpc) is 2.57. The third-order valence-electron chi connectivity index (χ3n) is 4.10. The molecule has 0 aliphatic carbocycles. The van der Waals surface area contributed by atoms with Crippen molar-refractivity contribution in [2.75, 3.05) is 0 Å². The number of carbonyl (C=O) groups excluding carboxylic acids is 1. The maximum absolute atomic E-state index is 12.5. The Morgan fingerprint density at radius 1 is 1.21 bits per heavy atom. The molecule has 6 heteroatoms. The summed E-state index contributed by atoms with van der Waals surface area (Å²) in [6.07, 6.45) is 0.578. The van der Waals surface area contributed by atoms with E-state index in [0.29, 0.717) is 22.8 Å². The highest BCUT2D eigenvalue weighted by atomic mass is 32.2. The Hall–Kier alpha value is -2.34. The molecule has 0 atom stereocenters. The molecule has 0 radical (unpaired) electrons. The molecule has 2 aromatic rings. The van der Waals surface area contributed by atoms with Crippen LogP contribution in [0.4, 0.5) is 0 Å². The summed E-state index contributed by atoms with van der Waals surface area (Å²) in [5, 5.41) is 0.624. The van der Waals surface area contributed by atoms with E-state index in [1.807, 2.05) is 44.2 Å². The van der Waals surface area contributed by atoms with Gasteiger partial charge in [0.15, 0.2) is 5.16 Å². The van der Waals surface area contributed by atoms with Crippen LogP contribution in [0.5, 0.6) is 0 Å². The molecule has 0 bridgehead atoms. The summed E-state index contributed by atoms with van der Waals surface area (Å²) in [4.78, 5) is 29.1. The van der Waals surface area contributed by atoms with Gasteiger partial charge in [-0.1, -0.05) is 62.5 Å². The summed E-state index contributed by atoms with van der Waals surface area (Å²) in [6.45, 7) is 13.1. The fourth-order valence-corrected chi connectivity index (χ4v) is 4.33. The standard InChI is InChI=1S/C22H28N2O3S/c1-15(2)19(26)27-21(3,4)14-22(5,6)28-20-23-17(13-18(25)24(20)7)16-11-9-8-10-12-16/h8-13H,1,14H2,2-7H3. The van der Waals surface area contributed by atoms with Crippen LogP contribution in [0.2, 0.25) is 0 Å². The molecule has 5 nitrogen and oxygen atoms in total. The van der Waals surface area contributed by atoms with Gasteiger partial charge >= 0.3 is 5.97 Å². The number of ether oxygens (including phenoxy) is 1. The molecule has 0 amide bonds. The first-order valence-electron chi connectivity index (χ1n) is 9.12. The predicted octanol–water partition coefficient (Wildman–Crippen LogP) is 4.61. The first kappa shape index (κ1) is 22.0. The van der Waals surface area contributed by atoms with E-state index < -0.39 is 11.6 Å². The van der Waals surface area contributed by atoms with Gasteiger partial charge < -0.3 is 4.74 Å². The molecule has 150 valence electrons. The van der Waals surface area contributed by atoms with E-state index in [0.717, 1.165) is 5.56 Å². The fourth-order valence-electron chi connectivity index (χ4n) is 3.05. The quantitative estimate of drug-likeness (QED) is 0.294. The minimum Gasteiger partial charge on any atom is -0.456 e. The van der Waals surface area contributed by atoms with Crippen molar-refractivity contribution in [3.63, 3.8) is 0 Å². The first-order valence-corrected chi connectivity index (χ1v) is 9.93. The number of nitrogens with zero attached hydrogens (tertiary/aromatic N) is 2. The highest BCUT2D eigenvalue weighted by molar-refractivity contribution is 8.00. The van der Waals surface area contributed by atoms with Crippen molar-refractivity contribution >= 4 is 17.7 Å². The summed E-state index contributed by atoms with van der Waals surface area (Å²) in [5.41, 5.74) is 1.13. The predicted molar refractivity (Wildman–Crippen MR) is 114 cm³/mol. The Morgan fingerprint density at radius 3 is 2.39 bits per heavy atom. The van der Waals surface area contributed by atoms with E-state index in [4.69, 9.17) is 9.72 Å². The zero-order chi connectivity index (χ0) is 21.1. The van der Waals surface area contributed by atoms with Crippen LogP contribution >= 0.6 is 11.8 Å². The van der Waals surface area contributed by atoms with Gasteiger partial charge in [0.1, 0.15) is 5.60 Å². The van der Waals surface area contributed by atoms with Crippen molar-refractivity contribution in [3.05, 3.63) is 58.9 Å². The Kier molecular flexibility index (Phi) is 6.55. The second-order valence-electron chi connectivity index (χ2n) is 8.16. The van der Waals surface area contributed by atoms with E-state index in [2.05, 4.69) is 20.4 Å². The number of hydrogen-bond donors (Lipinski definition) is 0. The van der Waals surface area contributed by atoms with Gasteiger partial charge in [0.05, 0.1) is 5.69 Å². The molecule has 0 unspecified atom stereocenters. The van der Waals surface area contributed by atoms with Crippen LogP contribution < -0.4 is 5.56 Å². The molecule has 0 aliphatic rings. The van der Waals surface area contributed by atoms with Crippen LogP contribution in [0.3, 0.4) is 0 Å². The second-order valence-corrected chi connectivity index (χ2v) is 9.83. The fraction of sp³-hybridized carbons (Fsp3) is 0.409. The minimum absolute atomic E-state index is 0.111. The van der Waals surface area contributed by atoms with Gasteiger partial charge in [-0.2, -0.15) is 0 Å². The van der Waals surface area contributed by atoms with Crippen LogP contribution in [-0.4, -0.2) is 25.9 Å². The third kappa shape index (κ3) is 5.83. The smallest absolute Gasteiger partial charge is 0.333 e. The number of carbonyl (C=O) groups is 1. The van der Waals surface area contributed by atoms with Gasteiger partial charge in [0.25, 0.3) is 5.56 Å². The van der Waals surface area contributed by atoms with Crippen molar-refractivity contribution < 1.29 is 9.53 Å². The lowest BCUT2D eigenvalue weighted by atomic mass is 9.95. The summed E-state index contributed by atoms with van der Waals surface area (Å²) in [6, 6.07) is 11.2. The Bertz CT molecular complexity index is 931. The van der Waals surface area contributed by atoms with Crippen molar-refractivity contribution in [2.45, 2.75) is 56.5 Å². The number of thioether (sulfide) groups is 1. The number of benzene rings is 1. The van der Waals surface area contributed by atoms with Gasteiger partial charge in [-0.3, -0.25) is 9.36 Å². The molecule has 0 N–H and O–H groups in total. The maximum Gasteiger partial charge on any atom is 0.333 e. The highest BCUT2D eigenvalue weighted by Gasteiger charge is 2.34. The van der Waals surface area contributed by atoms with Crippen molar-refractivity contribution in [1.29, 1.82) is 0 Å². The monoisotopic (exact) mass is 400 g/mol. The SMILES string of the molecule is C=C(C)C(=O)OC(C)(C)CC(C)(C)Sc1nc(-c2ccccc2)cc(=O)n1C. The van der Waals surface area contributed by atoms with Crippen LogP contribution in [0.25, 0.3) is 11.3 Å². The maximum atomic E-state index is 12.5. The Balaban J connectivity index is 2.28.